The molecule has 1 saturated heterocycles. The predicted octanol–water partition coefficient (Wildman–Crippen LogP) is 2.45. The van der Waals surface area contributed by atoms with Gasteiger partial charge in [0.15, 0.2) is 0 Å². The van der Waals surface area contributed by atoms with E-state index in [-0.39, 0.29) is 23.8 Å². The van der Waals surface area contributed by atoms with E-state index in [9.17, 15) is 14.7 Å². The Kier molecular flexibility index (Phi) is 5.30. The minimum absolute atomic E-state index is 0.0359. The maximum atomic E-state index is 13.5. The number of benzene rings is 1. The first-order chi connectivity index (χ1) is 13.9. The third-order valence-electron chi connectivity index (χ3n) is 6.46. The number of likely N-dealkylation sites (tertiary alicyclic amines) is 1. The Balaban J connectivity index is 1.59. The first-order valence-corrected chi connectivity index (χ1v) is 10.5. The molecule has 0 bridgehead atoms. The van der Waals surface area contributed by atoms with Gasteiger partial charge in [-0.05, 0) is 61.8 Å². The molecule has 1 aromatic heterocycles. The Labute approximate surface area is 171 Å². The van der Waals surface area contributed by atoms with Gasteiger partial charge in [0.05, 0.1) is 23.2 Å². The summed E-state index contributed by atoms with van der Waals surface area (Å²) >= 11 is 0. The number of carbonyl (C=O) groups is 2. The van der Waals surface area contributed by atoms with Gasteiger partial charge in [-0.3, -0.25) is 14.6 Å². The summed E-state index contributed by atoms with van der Waals surface area (Å²) < 4.78 is 0. The highest BCUT2D eigenvalue weighted by molar-refractivity contribution is 6.06. The molecule has 1 saturated carbocycles. The van der Waals surface area contributed by atoms with Gasteiger partial charge in [-0.25, -0.2) is 0 Å². The van der Waals surface area contributed by atoms with Crippen molar-refractivity contribution in [2.24, 2.45) is 11.8 Å². The van der Waals surface area contributed by atoms with Crippen LogP contribution in [0.15, 0.2) is 24.3 Å². The minimum Gasteiger partial charge on any atom is -0.391 e. The summed E-state index contributed by atoms with van der Waals surface area (Å²) in [6.45, 7) is 6.82. The molecule has 2 aliphatic rings. The van der Waals surface area contributed by atoms with Crippen molar-refractivity contribution < 1.29 is 14.7 Å². The Morgan fingerprint density at radius 1 is 1.21 bits per heavy atom. The molecule has 2 fully saturated rings. The van der Waals surface area contributed by atoms with Crippen molar-refractivity contribution in [2.45, 2.75) is 52.2 Å². The van der Waals surface area contributed by atoms with Gasteiger partial charge in [0.1, 0.15) is 0 Å². The maximum absolute atomic E-state index is 13.5. The average molecular weight is 396 g/mol. The predicted molar refractivity (Wildman–Crippen MR) is 112 cm³/mol. The van der Waals surface area contributed by atoms with Crippen LogP contribution >= 0.6 is 0 Å². The molecule has 0 radical (unpaired) electrons. The smallest absolute Gasteiger partial charge is 0.254 e. The fourth-order valence-corrected chi connectivity index (χ4v) is 4.99. The van der Waals surface area contributed by atoms with Crippen molar-refractivity contribution in [3.8, 4) is 0 Å². The number of aryl methyl sites for hydroxylation is 2. The van der Waals surface area contributed by atoms with Crippen LogP contribution in [-0.2, 0) is 11.2 Å². The summed E-state index contributed by atoms with van der Waals surface area (Å²) in [6, 6.07) is 7.81. The summed E-state index contributed by atoms with van der Waals surface area (Å²) in [6.07, 6.45) is 1.69. The summed E-state index contributed by atoms with van der Waals surface area (Å²) in [7, 11) is 0. The van der Waals surface area contributed by atoms with Crippen LogP contribution in [0.25, 0.3) is 10.9 Å². The highest BCUT2D eigenvalue weighted by Crippen LogP contribution is 2.37. The number of aliphatic hydroxyl groups is 1. The lowest BCUT2D eigenvalue weighted by atomic mass is 9.77. The van der Waals surface area contributed by atoms with Gasteiger partial charge in [0.2, 0.25) is 5.91 Å². The van der Waals surface area contributed by atoms with Gasteiger partial charge < -0.3 is 15.3 Å². The Morgan fingerprint density at radius 2 is 1.93 bits per heavy atom. The van der Waals surface area contributed by atoms with Gasteiger partial charge in [-0.2, -0.15) is 0 Å². The van der Waals surface area contributed by atoms with Crippen molar-refractivity contribution in [1.82, 2.24) is 15.2 Å². The number of hydrogen-bond donors (Lipinski definition) is 2. The van der Waals surface area contributed by atoms with Crippen LogP contribution in [0, 0.1) is 18.8 Å². The van der Waals surface area contributed by atoms with E-state index < -0.39 is 6.10 Å². The number of aliphatic hydroxyl groups excluding tert-OH is 1. The first kappa shape index (κ1) is 19.8. The van der Waals surface area contributed by atoms with Gasteiger partial charge in [-0.1, -0.05) is 13.0 Å². The third-order valence-corrected chi connectivity index (χ3v) is 6.46. The number of nitrogens with zero attached hydrogens (tertiary/aromatic N) is 2. The molecule has 4 atom stereocenters. The van der Waals surface area contributed by atoms with Crippen molar-refractivity contribution in [3.63, 3.8) is 0 Å². The molecule has 2 amide bonds. The van der Waals surface area contributed by atoms with Crippen LogP contribution in [-0.4, -0.2) is 52.0 Å². The van der Waals surface area contributed by atoms with Crippen molar-refractivity contribution in [2.75, 3.05) is 13.1 Å². The Morgan fingerprint density at radius 3 is 2.62 bits per heavy atom. The lowest BCUT2D eigenvalue weighted by molar-refractivity contribution is -0.121. The molecule has 0 spiro atoms. The van der Waals surface area contributed by atoms with Crippen LogP contribution in [0.1, 0.15) is 48.3 Å². The minimum atomic E-state index is -0.550. The van der Waals surface area contributed by atoms with Crippen molar-refractivity contribution in [3.05, 3.63) is 41.1 Å². The van der Waals surface area contributed by atoms with Gasteiger partial charge in [-0.15, -0.1) is 0 Å². The molecule has 1 aromatic carbocycles. The number of nitrogens with one attached hydrogen (secondary N) is 1. The topological polar surface area (TPSA) is 82.5 Å². The maximum Gasteiger partial charge on any atom is 0.254 e. The molecule has 6 heteroatoms. The molecule has 0 unspecified atom stereocenters. The van der Waals surface area contributed by atoms with Gasteiger partial charge >= 0.3 is 0 Å². The molecule has 2 N–H and O–H groups in total. The van der Waals surface area contributed by atoms with E-state index in [1.165, 1.54) is 12.5 Å². The quantitative estimate of drug-likeness (QED) is 0.836. The standard InChI is InChI=1S/C23H29N3O3/c1-4-15-5-6-20-18(8-15)19(7-13(2)24-20)23(29)26-11-16-9-21(25-14(3)27)22(28)10-17(16)12-26/h5-8,16-17,21-22,28H,4,9-12H2,1-3H3,(H,25,27)/t16-,17+,21-,22-/m1/s1. The van der Waals surface area contributed by atoms with E-state index in [2.05, 4.69) is 29.4 Å². The summed E-state index contributed by atoms with van der Waals surface area (Å²) in [5.74, 6) is 0.497. The molecule has 29 heavy (non-hydrogen) atoms. The highest BCUT2D eigenvalue weighted by atomic mass is 16.3. The molecule has 154 valence electrons. The van der Waals surface area contributed by atoms with Crippen LogP contribution in [0.3, 0.4) is 0 Å². The fraction of sp³-hybridized carbons (Fsp3) is 0.522. The largest absolute Gasteiger partial charge is 0.391 e. The van der Waals surface area contributed by atoms with E-state index in [4.69, 9.17) is 0 Å². The molecule has 1 aliphatic heterocycles. The number of carbonyl (C=O) groups excluding carboxylic acids is 2. The lowest BCUT2D eigenvalue weighted by Gasteiger charge is -2.35. The second-order valence-electron chi connectivity index (χ2n) is 8.59. The van der Waals surface area contributed by atoms with E-state index >= 15 is 0 Å². The van der Waals surface area contributed by atoms with Crippen molar-refractivity contribution in [1.29, 1.82) is 0 Å². The van der Waals surface area contributed by atoms with E-state index in [1.807, 2.05) is 24.0 Å². The van der Waals surface area contributed by atoms with Crippen LogP contribution in [0.2, 0.25) is 0 Å². The number of amides is 2. The number of fused-ring (bicyclic) bond motifs is 2. The second-order valence-corrected chi connectivity index (χ2v) is 8.59. The number of aromatic nitrogens is 1. The lowest BCUT2D eigenvalue weighted by Crippen LogP contribution is -2.48. The summed E-state index contributed by atoms with van der Waals surface area (Å²) in [5.41, 5.74) is 3.58. The SMILES string of the molecule is CCc1ccc2nc(C)cc(C(=O)N3C[C@H]4C[C@@H](NC(C)=O)[C@H](O)C[C@H]4C3)c2c1. The monoisotopic (exact) mass is 395 g/mol. The molecule has 4 rings (SSSR count). The van der Waals surface area contributed by atoms with Gasteiger partial charge in [0.25, 0.3) is 5.91 Å². The zero-order valence-electron chi connectivity index (χ0n) is 17.3. The summed E-state index contributed by atoms with van der Waals surface area (Å²) in [4.78, 5) is 31.4. The van der Waals surface area contributed by atoms with E-state index in [1.54, 1.807) is 0 Å². The van der Waals surface area contributed by atoms with Crippen LogP contribution < -0.4 is 5.32 Å². The molecule has 6 nitrogen and oxygen atoms in total. The number of pyridine rings is 1. The van der Waals surface area contributed by atoms with E-state index in [0.717, 1.165) is 23.0 Å². The average Bonchev–Trinajstić information content (AvgIpc) is 3.09. The number of rotatable bonds is 3. The first-order valence-electron chi connectivity index (χ1n) is 10.5. The normalized spacial score (nSPS) is 26.4. The zero-order chi connectivity index (χ0) is 20.7. The molecular formula is C23H29N3O3. The molecule has 2 heterocycles. The molecule has 1 aliphatic carbocycles. The Hall–Kier alpha value is -2.47. The fourth-order valence-electron chi connectivity index (χ4n) is 4.99. The molecular weight excluding hydrogens is 366 g/mol. The van der Waals surface area contributed by atoms with Crippen LogP contribution in [0.5, 0.6) is 0 Å². The molecule has 2 aromatic rings. The summed E-state index contributed by atoms with van der Waals surface area (Å²) in [5, 5.41) is 14.2. The van der Waals surface area contributed by atoms with Crippen molar-refractivity contribution >= 4 is 22.7 Å². The third kappa shape index (κ3) is 3.86. The van der Waals surface area contributed by atoms with E-state index in [0.29, 0.717) is 37.4 Å². The van der Waals surface area contributed by atoms with Gasteiger partial charge in [0, 0.05) is 31.1 Å². The Bertz CT molecular complexity index is 958. The number of hydrogen-bond acceptors (Lipinski definition) is 4. The second kappa shape index (κ2) is 7.75. The van der Waals surface area contributed by atoms with Crippen LogP contribution in [0.4, 0.5) is 0 Å². The highest BCUT2D eigenvalue weighted by Gasteiger charge is 2.43. The zero-order valence-corrected chi connectivity index (χ0v) is 17.3.